The van der Waals surface area contributed by atoms with Gasteiger partial charge in [0.2, 0.25) is 11.8 Å². The maximum absolute atomic E-state index is 12.6. The zero-order valence-electron chi connectivity index (χ0n) is 46.8. The summed E-state index contributed by atoms with van der Waals surface area (Å²) in [7, 11) is 0. The number of hydrogen-bond donors (Lipinski definition) is 6. The molecule has 25 heteroatoms. The number of benzene rings is 2. The van der Waals surface area contributed by atoms with Crippen LogP contribution in [-0.2, 0) is 76.3 Å². The Labute approximate surface area is 479 Å². The van der Waals surface area contributed by atoms with Crippen molar-refractivity contribution < 1.29 is 91.0 Å². The van der Waals surface area contributed by atoms with Crippen molar-refractivity contribution >= 4 is 41.7 Å². The second-order valence-corrected chi connectivity index (χ2v) is 20.2. The van der Waals surface area contributed by atoms with E-state index < -0.39 is 18.1 Å². The first-order chi connectivity index (χ1) is 39.8. The predicted molar refractivity (Wildman–Crippen MR) is 298 cm³/mol. The van der Waals surface area contributed by atoms with E-state index in [2.05, 4.69) is 26.6 Å². The van der Waals surface area contributed by atoms with E-state index in [9.17, 15) is 29.1 Å². The molecular formula is C56H87N5O19S. The van der Waals surface area contributed by atoms with Crippen molar-refractivity contribution in [1.29, 1.82) is 0 Å². The third-order valence-electron chi connectivity index (χ3n) is 13.0. The molecule has 456 valence electrons. The van der Waals surface area contributed by atoms with Crippen LogP contribution in [0.4, 0.5) is 9.59 Å². The Morgan fingerprint density at radius 3 is 1.54 bits per heavy atom. The van der Waals surface area contributed by atoms with E-state index >= 15 is 0 Å². The normalized spacial score (nSPS) is 16.5. The number of unbranched alkanes of at least 4 members (excludes halogenated alkanes) is 2. The molecular weight excluding hydrogens is 1080 g/mol. The molecule has 5 rings (SSSR count). The molecule has 2 aliphatic heterocycles. The summed E-state index contributed by atoms with van der Waals surface area (Å²) in [4.78, 5) is 70.4. The molecule has 2 fully saturated rings. The van der Waals surface area contributed by atoms with Crippen LogP contribution in [0.3, 0.4) is 0 Å². The molecule has 0 radical (unpaired) electrons. The number of carbonyl (C=O) groups is 5. The minimum Gasteiger partial charge on any atom is -0.480 e. The third kappa shape index (κ3) is 28.9. The van der Waals surface area contributed by atoms with Crippen LogP contribution >= 0.6 is 11.8 Å². The molecule has 1 aliphatic carbocycles. The summed E-state index contributed by atoms with van der Waals surface area (Å²) in [6.07, 6.45) is 3.83. The van der Waals surface area contributed by atoms with E-state index in [1.807, 2.05) is 60.3 Å². The van der Waals surface area contributed by atoms with Gasteiger partial charge in [0, 0.05) is 42.9 Å². The van der Waals surface area contributed by atoms with E-state index in [1.54, 1.807) is 0 Å². The lowest BCUT2D eigenvalue weighted by Crippen LogP contribution is -2.41. The molecule has 2 heterocycles. The number of thioether (sulfide) groups is 1. The van der Waals surface area contributed by atoms with Gasteiger partial charge in [0.15, 0.2) is 0 Å². The van der Waals surface area contributed by atoms with Crippen LogP contribution in [0.5, 0.6) is 0 Å². The van der Waals surface area contributed by atoms with Crippen LogP contribution in [0.25, 0.3) is 11.1 Å². The summed E-state index contributed by atoms with van der Waals surface area (Å²) >= 11 is 1.89. The van der Waals surface area contributed by atoms with E-state index in [-0.39, 0.29) is 75.1 Å². The summed E-state index contributed by atoms with van der Waals surface area (Å²) in [5.41, 5.74) is 4.35. The van der Waals surface area contributed by atoms with Gasteiger partial charge >= 0.3 is 18.1 Å². The summed E-state index contributed by atoms with van der Waals surface area (Å²) in [5, 5.41) is 24.1. The lowest BCUT2D eigenvalue weighted by molar-refractivity contribution is -0.297. The monoisotopic (exact) mass is 1170 g/mol. The number of ether oxygens (including phenoxy) is 11. The summed E-state index contributed by atoms with van der Waals surface area (Å²) in [5.74, 6) is -0.513. The van der Waals surface area contributed by atoms with Crippen molar-refractivity contribution in [3.63, 3.8) is 0 Å². The van der Waals surface area contributed by atoms with Crippen molar-refractivity contribution in [2.24, 2.45) is 0 Å². The number of fused-ring (bicyclic) bond motifs is 4. The van der Waals surface area contributed by atoms with Gasteiger partial charge in [-0.2, -0.15) is 11.8 Å². The van der Waals surface area contributed by atoms with Gasteiger partial charge in [0.1, 0.15) is 19.3 Å². The molecule has 0 spiro atoms. The number of rotatable bonds is 51. The highest BCUT2D eigenvalue weighted by atomic mass is 32.2. The summed E-state index contributed by atoms with van der Waals surface area (Å²) in [6, 6.07) is 15.2. The molecule has 0 bridgehead atoms. The Morgan fingerprint density at radius 2 is 1.01 bits per heavy atom. The standard InChI is InChI=1S/C56H87N5O19S/c62-51(15-6-5-14-50-53-49(42-81-50)59-55(66)61-53)58-18-20-79-80-40-39-77-38-37-76-36-35-75-34-33-74-32-31-73-30-29-72-28-27-71-26-25-70-24-23-69-22-21-68-19-16-52(63)57-17-8-7-13-48(54(64)65)60-56(67)78-41-47-45-11-3-1-9-43(45)44-10-2-4-12-46(44)47/h1-4,9-12,47-50,53H,5-8,13-42H2,(H,57,63)(H,58,62)(H,60,67)(H,64,65)(H2,59,61,66). The van der Waals surface area contributed by atoms with Crippen LogP contribution in [-0.4, -0.2) is 229 Å². The number of carboxylic acids is 1. The molecule has 4 unspecified atom stereocenters. The maximum Gasteiger partial charge on any atom is 0.407 e. The second-order valence-electron chi connectivity index (χ2n) is 18.9. The Kier molecular flexibility index (Phi) is 35.6. The molecule has 2 saturated heterocycles. The van der Waals surface area contributed by atoms with Crippen molar-refractivity contribution in [3.8, 4) is 11.1 Å². The summed E-state index contributed by atoms with van der Waals surface area (Å²) < 4.78 is 60.5. The quantitative estimate of drug-likeness (QED) is 0.0239. The molecule has 3 aliphatic rings. The molecule has 0 saturated carbocycles. The Hall–Kier alpha value is -4.74. The lowest BCUT2D eigenvalue weighted by Gasteiger charge is -2.17. The number of hydrogen-bond acceptors (Lipinski definition) is 19. The zero-order valence-corrected chi connectivity index (χ0v) is 47.6. The van der Waals surface area contributed by atoms with Crippen molar-refractivity contribution in [2.45, 2.75) is 80.7 Å². The molecule has 81 heavy (non-hydrogen) atoms. The number of carbonyl (C=O) groups excluding carboxylic acids is 4. The number of aliphatic carboxylic acids is 1. The van der Waals surface area contributed by atoms with Crippen LogP contribution in [0.15, 0.2) is 48.5 Å². The van der Waals surface area contributed by atoms with Gasteiger partial charge in [-0.3, -0.25) is 9.59 Å². The van der Waals surface area contributed by atoms with Crippen molar-refractivity contribution in [2.75, 3.05) is 171 Å². The Morgan fingerprint density at radius 1 is 0.543 bits per heavy atom. The number of carboxylic acid groups (broad SMARTS) is 1. The molecule has 0 aromatic heterocycles. The lowest BCUT2D eigenvalue weighted by atomic mass is 9.98. The third-order valence-corrected chi connectivity index (χ3v) is 14.5. The SMILES string of the molecule is O=C(CCCCC1SCC2NC(=O)NC21)NCCOOCCOCCOCCOCCOCCOCCOCCOCCOCCOCCOCCC(=O)NCCCCC(NC(=O)OCC1c2ccccc2-c2ccccc21)C(=O)O. The van der Waals surface area contributed by atoms with E-state index in [0.717, 1.165) is 47.3 Å². The minimum atomic E-state index is -1.15. The number of nitrogens with one attached hydrogen (secondary N) is 5. The second kappa shape index (κ2) is 43.0. The average Bonchev–Trinajstić information content (AvgIpc) is 4.14. The van der Waals surface area contributed by atoms with Gasteiger partial charge in [-0.25, -0.2) is 24.2 Å². The van der Waals surface area contributed by atoms with Crippen LogP contribution < -0.4 is 26.6 Å². The number of alkyl carbamates (subject to hydrolysis) is 1. The molecule has 6 N–H and O–H groups in total. The summed E-state index contributed by atoms with van der Waals surface area (Å²) in [6.45, 7) is 9.70. The average molecular weight is 1170 g/mol. The Bertz CT molecular complexity index is 2020. The molecule has 24 nitrogen and oxygen atoms in total. The first kappa shape index (κ1) is 67.1. The smallest absolute Gasteiger partial charge is 0.407 e. The highest BCUT2D eigenvalue weighted by Crippen LogP contribution is 2.44. The van der Waals surface area contributed by atoms with E-state index in [4.69, 9.17) is 61.9 Å². The first-order valence-electron chi connectivity index (χ1n) is 28.4. The van der Waals surface area contributed by atoms with E-state index in [0.29, 0.717) is 163 Å². The molecule has 2 aromatic carbocycles. The maximum atomic E-state index is 12.6. The van der Waals surface area contributed by atoms with Crippen LogP contribution in [0.1, 0.15) is 68.4 Å². The number of amides is 5. The van der Waals surface area contributed by atoms with Crippen LogP contribution in [0.2, 0.25) is 0 Å². The fourth-order valence-corrected chi connectivity index (χ4v) is 10.4. The van der Waals surface area contributed by atoms with Gasteiger partial charge < -0.3 is 83.8 Å². The predicted octanol–water partition coefficient (Wildman–Crippen LogP) is 3.61. The van der Waals surface area contributed by atoms with Crippen molar-refractivity contribution in [1.82, 2.24) is 26.6 Å². The molecule has 4 atom stereocenters. The van der Waals surface area contributed by atoms with E-state index in [1.165, 1.54) is 0 Å². The zero-order chi connectivity index (χ0) is 57.2. The largest absolute Gasteiger partial charge is 0.480 e. The van der Waals surface area contributed by atoms with Crippen molar-refractivity contribution in [3.05, 3.63) is 59.7 Å². The Balaban J connectivity index is 0.653. The highest BCUT2D eigenvalue weighted by molar-refractivity contribution is 8.00. The number of urea groups is 1. The first-order valence-corrected chi connectivity index (χ1v) is 29.4. The molecule has 5 amide bonds. The van der Waals surface area contributed by atoms with Gasteiger partial charge in [0.05, 0.1) is 151 Å². The minimum absolute atomic E-state index is 0.00990. The fourth-order valence-electron chi connectivity index (χ4n) is 8.88. The molecule has 2 aromatic rings. The topological polar surface area (TPSA) is 286 Å². The van der Waals surface area contributed by atoms with Gasteiger partial charge in [0.25, 0.3) is 0 Å². The van der Waals surface area contributed by atoms with Gasteiger partial charge in [-0.1, -0.05) is 55.0 Å². The highest BCUT2D eigenvalue weighted by Gasteiger charge is 2.42. The van der Waals surface area contributed by atoms with Crippen LogP contribution in [0, 0.1) is 0 Å². The van der Waals surface area contributed by atoms with Gasteiger partial charge in [-0.05, 0) is 54.4 Å². The fraction of sp³-hybridized carbons (Fsp3) is 0.696. The van der Waals surface area contributed by atoms with Gasteiger partial charge in [-0.15, -0.1) is 0 Å².